The molecule has 0 fully saturated rings. The quantitative estimate of drug-likeness (QED) is 0.769. The Morgan fingerprint density at radius 2 is 1.81 bits per heavy atom. The van der Waals surface area contributed by atoms with Gasteiger partial charge in [0.1, 0.15) is 5.69 Å². The predicted octanol–water partition coefficient (Wildman–Crippen LogP) is 3.41. The number of rotatable bonds is 5. The van der Waals surface area contributed by atoms with Crippen LogP contribution in [0.4, 0.5) is 5.69 Å². The van der Waals surface area contributed by atoms with Gasteiger partial charge in [-0.1, -0.05) is 55.5 Å². The van der Waals surface area contributed by atoms with E-state index in [9.17, 15) is 9.59 Å². The summed E-state index contributed by atoms with van der Waals surface area (Å²) in [5, 5.41) is 7.18. The molecule has 5 nitrogen and oxygen atoms in total. The van der Waals surface area contributed by atoms with Crippen molar-refractivity contribution in [2.24, 2.45) is 0 Å². The molecule has 0 spiro atoms. The van der Waals surface area contributed by atoms with E-state index in [2.05, 4.69) is 10.4 Å². The minimum Gasteiger partial charge on any atom is -0.320 e. The number of carbonyl (C=O) groups is 1. The lowest BCUT2D eigenvalue weighted by molar-refractivity contribution is 0.101. The summed E-state index contributed by atoms with van der Waals surface area (Å²) in [5.74, 6) is -0.323. The molecular formula is C21H21N3O2. The Kier molecular flexibility index (Phi) is 5.27. The fourth-order valence-corrected chi connectivity index (χ4v) is 2.82. The van der Waals surface area contributed by atoms with Crippen molar-refractivity contribution in [1.29, 1.82) is 0 Å². The zero-order valence-corrected chi connectivity index (χ0v) is 14.9. The van der Waals surface area contributed by atoms with Crippen LogP contribution in [0.15, 0.2) is 65.5 Å². The number of para-hydroxylation sites is 1. The average molecular weight is 347 g/mol. The number of nitrogens with one attached hydrogen (secondary N) is 1. The van der Waals surface area contributed by atoms with Gasteiger partial charge in [0.2, 0.25) is 0 Å². The van der Waals surface area contributed by atoms with Crippen LogP contribution in [0.25, 0.3) is 0 Å². The van der Waals surface area contributed by atoms with Crippen molar-refractivity contribution in [3.63, 3.8) is 0 Å². The van der Waals surface area contributed by atoms with E-state index in [1.807, 2.05) is 62.4 Å². The number of hydrogen-bond donors (Lipinski definition) is 1. The molecule has 1 aromatic heterocycles. The third-order valence-corrected chi connectivity index (χ3v) is 4.25. The molecule has 0 aliphatic carbocycles. The molecule has 0 saturated carbocycles. The zero-order chi connectivity index (χ0) is 18.5. The molecule has 0 aliphatic heterocycles. The Bertz CT molecular complexity index is 978. The van der Waals surface area contributed by atoms with Gasteiger partial charge < -0.3 is 5.32 Å². The van der Waals surface area contributed by atoms with Crippen LogP contribution in [-0.2, 0) is 13.0 Å². The lowest BCUT2D eigenvalue weighted by Crippen LogP contribution is -2.26. The number of nitrogens with zero attached hydrogens (tertiary/aromatic N) is 2. The summed E-state index contributed by atoms with van der Waals surface area (Å²) in [4.78, 5) is 24.7. The first kappa shape index (κ1) is 17.6. The van der Waals surface area contributed by atoms with E-state index in [0.717, 1.165) is 28.8 Å². The molecule has 0 atom stereocenters. The van der Waals surface area contributed by atoms with Gasteiger partial charge in [-0.15, -0.1) is 0 Å². The Balaban J connectivity index is 1.87. The molecule has 0 bridgehead atoms. The molecule has 1 N–H and O–H groups in total. The van der Waals surface area contributed by atoms with Gasteiger partial charge in [-0.25, -0.2) is 4.68 Å². The van der Waals surface area contributed by atoms with Crippen LogP contribution >= 0.6 is 0 Å². The first-order chi connectivity index (χ1) is 12.6. The lowest BCUT2D eigenvalue weighted by atomic mass is 10.1. The number of aromatic nitrogens is 2. The van der Waals surface area contributed by atoms with Crippen molar-refractivity contribution in [3.05, 3.63) is 93.4 Å². The van der Waals surface area contributed by atoms with Crippen molar-refractivity contribution < 1.29 is 4.79 Å². The molecule has 3 rings (SSSR count). The van der Waals surface area contributed by atoms with Crippen LogP contribution < -0.4 is 10.9 Å². The van der Waals surface area contributed by atoms with Crippen LogP contribution in [0.2, 0.25) is 0 Å². The summed E-state index contributed by atoms with van der Waals surface area (Å²) in [5.41, 5.74) is 3.79. The summed E-state index contributed by atoms with van der Waals surface area (Å²) in [7, 11) is 0. The number of carbonyl (C=O) groups excluding carboxylic acids is 1. The Morgan fingerprint density at radius 1 is 1.04 bits per heavy atom. The minimum absolute atomic E-state index is 0.214. The molecule has 0 radical (unpaired) electrons. The van der Waals surface area contributed by atoms with Gasteiger partial charge >= 0.3 is 0 Å². The number of anilines is 1. The third-order valence-electron chi connectivity index (χ3n) is 4.25. The van der Waals surface area contributed by atoms with Crippen LogP contribution in [0, 0.1) is 6.92 Å². The van der Waals surface area contributed by atoms with E-state index >= 15 is 0 Å². The van der Waals surface area contributed by atoms with Crippen molar-refractivity contribution in [2.45, 2.75) is 26.8 Å². The Labute approximate surface area is 152 Å². The van der Waals surface area contributed by atoms with Gasteiger partial charge in [-0.2, -0.15) is 5.10 Å². The molecule has 0 saturated heterocycles. The molecule has 0 unspecified atom stereocenters. The standard InChI is InChI=1S/C21H21N3O2/c1-3-17-11-7-8-15(2)20(17)22-21(26)18-12-13-19(25)24(23-18)14-16-9-5-4-6-10-16/h4-13H,3,14H2,1-2H3,(H,22,26). The van der Waals surface area contributed by atoms with Crippen LogP contribution in [0.5, 0.6) is 0 Å². The number of benzene rings is 2. The van der Waals surface area contributed by atoms with Gasteiger partial charge in [0, 0.05) is 11.8 Å². The Morgan fingerprint density at radius 3 is 2.54 bits per heavy atom. The zero-order valence-electron chi connectivity index (χ0n) is 14.9. The Hall–Kier alpha value is -3.21. The molecule has 2 aromatic carbocycles. The summed E-state index contributed by atoms with van der Waals surface area (Å²) in [6.07, 6.45) is 0.818. The smallest absolute Gasteiger partial charge is 0.276 e. The monoisotopic (exact) mass is 347 g/mol. The molecule has 0 aliphatic rings. The SMILES string of the molecule is CCc1cccc(C)c1NC(=O)c1ccc(=O)n(Cc2ccccc2)n1. The molecule has 3 aromatic rings. The molecule has 132 valence electrons. The largest absolute Gasteiger partial charge is 0.320 e. The highest BCUT2D eigenvalue weighted by Crippen LogP contribution is 2.21. The van der Waals surface area contributed by atoms with Crippen molar-refractivity contribution in [3.8, 4) is 0 Å². The maximum absolute atomic E-state index is 12.7. The lowest BCUT2D eigenvalue weighted by Gasteiger charge is -2.13. The first-order valence-corrected chi connectivity index (χ1v) is 8.60. The molecule has 1 amide bonds. The fraction of sp³-hybridized carbons (Fsp3) is 0.190. The highest BCUT2D eigenvalue weighted by molar-refractivity contribution is 6.03. The normalized spacial score (nSPS) is 10.5. The maximum atomic E-state index is 12.7. The van der Waals surface area contributed by atoms with Crippen LogP contribution in [-0.4, -0.2) is 15.7 Å². The number of aryl methyl sites for hydroxylation is 2. The molecular weight excluding hydrogens is 326 g/mol. The maximum Gasteiger partial charge on any atom is 0.276 e. The second-order valence-corrected chi connectivity index (χ2v) is 6.12. The van der Waals surface area contributed by atoms with Crippen molar-refractivity contribution in [2.75, 3.05) is 5.32 Å². The van der Waals surface area contributed by atoms with Gasteiger partial charge in [-0.3, -0.25) is 9.59 Å². The summed E-state index contributed by atoms with van der Waals surface area (Å²) < 4.78 is 1.31. The second kappa shape index (κ2) is 7.78. The van der Waals surface area contributed by atoms with E-state index in [1.54, 1.807) is 0 Å². The van der Waals surface area contributed by atoms with E-state index in [0.29, 0.717) is 6.54 Å². The van der Waals surface area contributed by atoms with Gasteiger partial charge in [0.25, 0.3) is 11.5 Å². The van der Waals surface area contributed by atoms with E-state index in [1.165, 1.54) is 16.8 Å². The average Bonchev–Trinajstić information content (AvgIpc) is 2.66. The third kappa shape index (κ3) is 3.88. The molecule has 1 heterocycles. The highest BCUT2D eigenvalue weighted by atomic mass is 16.2. The molecule has 5 heteroatoms. The first-order valence-electron chi connectivity index (χ1n) is 8.60. The minimum atomic E-state index is -0.323. The van der Waals surface area contributed by atoms with Gasteiger partial charge in [-0.05, 0) is 36.1 Å². The predicted molar refractivity (Wildman–Crippen MR) is 103 cm³/mol. The summed E-state index contributed by atoms with van der Waals surface area (Å²) in [6, 6.07) is 18.3. The van der Waals surface area contributed by atoms with Crippen LogP contribution in [0.1, 0.15) is 34.1 Å². The van der Waals surface area contributed by atoms with Crippen LogP contribution in [0.3, 0.4) is 0 Å². The topological polar surface area (TPSA) is 64.0 Å². The molecule has 26 heavy (non-hydrogen) atoms. The van der Waals surface area contributed by atoms with Gasteiger partial charge in [0.05, 0.1) is 6.54 Å². The fourth-order valence-electron chi connectivity index (χ4n) is 2.82. The highest BCUT2D eigenvalue weighted by Gasteiger charge is 2.13. The number of amides is 1. The summed E-state index contributed by atoms with van der Waals surface area (Å²) >= 11 is 0. The van der Waals surface area contributed by atoms with E-state index in [-0.39, 0.29) is 17.2 Å². The van der Waals surface area contributed by atoms with Gasteiger partial charge in [0.15, 0.2) is 0 Å². The van der Waals surface area contributed by atoms with Crippen molar-refractivity contribution >= 4 is 11.6 Å². The summed E-state index contributed by atoms with van der Waals surface area (Å²) in [6.45, 7) is 4.33. The second-order valence-electron chi connectivity index (χ2n) is 6.12. The van der Waals surface area contributed by atoms with Crippen molar-refractivity contribution in [1.82, 2.24) is 9.78 Å². The van der Waals surface area contributed by atoms with E-state index in [4.69, 9.17) is 0 Å². The number of hydrogen-bond acceptors (Lipinski definition) is 3. The van der Waals surface area contributed by atoms with E-state index < -0.39 is 0 Å².